The number of aryl methyl sites for hydroxylation is 1. The Bertz CT molecular complexity index is 1140. The summed E-state index contributed by atoms with van der Waals surface area (Å²) in [6.45, 7) is 3.43. The lowest BCUT2D eigenvalue weighted by Gasteiger charge is -2.13. The van der Waals surface area contributed by atoms with Crippen molar-refractivity contribution in [2.75, 3.05) is 0 Å². The minimum Gasteiger partial charge on any atom is -0.451 e. The molecule has 0 aliphatic heterocycles. The summed E-state index contributed by atoms with van der Waals surface area (Å²) in [5, 5.41) is 4.86. The summed E-state index contributed by atoms with van der Waals surface area (Å²) < 4.78 is 7.00. The van der Waals surface area contributed by atoms with Crippen LogP contribution in [-0.4, -0.2) is 37.6 Å². The van der Waals surface area contributed by atoms with Crippen LogP contribution in [0.2, 0.25) is 0 Å². The number of hydrogen-bond acceptors (Lipinski definition) is 5. The van der Waals surface area contributed by atoms with Crippen LogP contribution in [0.1, 0.15) is 33.3 Å². The largest absolute Gasteiger partial charge is 0.451 e. The molecule has 0 saturated heterocycles. The summed E-state index contributed by atoms with van der Waals surface area (Å²) in [4.78, 5) is 32.4. The number of aromatic nitrogens is 4. The topological polar surface area (TPSA) is 89.9 Å². The van der Waals surface area contributed by atoms with Crippen molar-refractivity contribution >= 4 is 22.7 Å². The lowest BCUT2D eigenvalue weighted by molar-refractivity contribution is 0.0319. The molecule has 0 aliphatic carbocycles. The van der Waals surface area contributed by atoms with E-state index >= 15 is 0 Å². The van der Waals surface area contributed by atoms with E-state index in [1.54, 1.807) is 42.2 Å². The van der Waals surface area contributed by atoms with Gasteiger partial charge in [0.05, 0.1) is 11.3 Å². The molecule has 7 nitrogen and oxygen atoms in total. The molecule has 2 heterocycles. The molecule has 0 fully saturated rings. The van der Waals surface area contributed by atoms with Gasteiger partial charge in [-0.3, -0.25) is 4.79 Å². The van der Waals surface area contributed by atoms with Crippen LogP contribution in [0.5, 0.6) is 0 Å². The van der Waals surface area contributed by atoms with Crippen LogP contribution in [0.4, 0.5) is 0 Å². The van der Waals surface area contributed by atoms with E-state index in [0.717, 1.165) is 22.3 Å². The highest BCUT2D eigenvalue weighted by Crippen LogP contribution is 2.24. The van der Waals surface area contributed by atoms with E-state index in [1.165, 1.54) is 6.33 Å². The molecule has 0 spiro atoms. The molecule has 28 heavy (non-hydrogen) atoms. The number of esters is 1. The number of benzene rings is 2. The monoisotopic (exact) mass is 374 g/mol. The number of ether oxygens (including phenoxy) is 1. The lowest BCUT2D eigenvalue weighted by atomic mass is 10.0. The maximum atomic E-state index is 12.9. The number of Topliss-reactive ketones (excluding diaryl/α,β-unsaturated/α-hetero) is 1. The third-order valence-electron chi connectivity index (χ3n) is 4.58. The smallest absolute Gasteiger partial charge is 0.338 e. The zero-order valence-corrected chi connectivity index (χ0v) is 15.4. The maximum absolute atomic E-state index is 12.9. The van der Waals surface area contributed by atoms with Crippen molar-refractivity contribution < 1.29 is 14.3 Å². The molecule has 2 aromatic heterocycles. The van der Waals surface area contributed by atoms with Gasteiger partial charge in [-0.1, -0.05) is 18.2 Å². The van der Waals surface area contributed by atoms with E-state index < -0.39 is 12.1 Å². The predicted molar refractivity (Wildman–Crippen MR) is 104 cm³/mol. The zero-order valence-electron chi connectivity index (χ0n) is 15.4. The van der Waals surface area contributed by atoms with Gasteiger partial charge in [-0.15, -0.1) is 0 Å². The molecule has 140 valence electrons. The van der Waals surface area contributed by atoms with Crippen LogP contribution in [-0.2, 0) is 4.74 Å². The minimum atomic E-state index is -0.902. The molecule has 4 aromatic rings. The maximum Gasteiger partial charge on any atom is 0.338 e. The Labute approximate surface area is 161 Å². The number of H-pyrrole nitrogens is 1. The molecule has 2 aromatic carbocycles. The van der Waals surface area contributed by atoms with Crippen molar-refractivity contribution in [3.63, 3.8) is 0 Å². The van der Waals surface area contributed by atoms with E-state index in [9.17, 15) is 9.59 Å². The van der Waals surface area contributed by atoms with Crippen LogP contribution in [0.25, 0.3) is 16.6 Å². The van der Waals surface area contributed by atoms with Gasteiger partial charge in [0.2, 0.25) is 5.78 Å². The number of rotatable bonds is 5. The van der Waals surface area contributed by atoms with Gasteiger partial charge in [-0.05, 0) is 44.2 Å². The Morgan fingerprint density at radius 1 is 1.11 bits per heavy atom. The number of para-hydroxylation sites is 1. The number of nitrogens with zero attached hydrogens (tertiary/aromatic N) is 3. The number of nitrogens with one attached hydrogen (secondary N) is 1. The summed E-state index contributed by atoms with van der Waals surface area (Å²) >= 11 is 0. The molecular formula is C21H18N4O3. The highest BCUT2D eigenvalue weighted by atomic mass is 16.5. The molecule has 0 unspecified atom stereocenters. The quantitative estimate of drug-likeness (QED) is 0.427. The minimum absolute atomic E-state index is 0.234. The van der Waals surface area contributed by atoms with Crippen molar-refractivity contribution in [3.8, 4) is 5.69 Å². The predicted octanol–water partition coefficient (Wildman–Crippen LogP) is 3.49. The highest BCUT2D eigenvalue weighted by Gasteiger charge is 2.24. The lowest BCUT2D eigenvalue weighted by Crippen LogP contribution is -2.25. The van der Waals surface area contributed by atoms with Crippen LogP contribution in [0.3, 0.4) is 0 Å². The number of ketones is 1. The van der Waals surface area contributed by atoms with Gasteiger partial charge in [0.1, 0.15) is 12.7 Å². The number of fused-ring (bicyclic) bond motifs is 1. The van der Waals surface area contributed by atoms with Crippen molar-refractivity contribution in [1.29, 1.82) is 0 Å². The third kappa shape index (κ3) is 3.18. The van der Waals surface area contributed by atoms with Crippen LogP contribution in [0.15, 0.2) is 61.2 Å². The zero-order chi connectivity index (χ0) is 19.7. The second-order valence-corrected chi connectivity index (χ2v) is 6.47. The molecule has 0 amide bonds. The summed E-state index contributed by atoms with van der Waals surface area (Å²) in [5.41, 5.74) is 3.32. The fourth-order valence-electron chi connectivity index (χ4n) is 3.17. The molecule has 7 heteroatoms. The van der Waals surface area contributed by atoms with Gasteiger partial charge in [-0.2, -0.15) is 5.10 Å². The van der Waals surface area contributed by atoms with Gasteiger partial charge in [0.25, 0.3) is 0 Å². The number of hydrogen-bond donors (Lipinski definition) is 1. The molecule has 4 rings (SSSR count). The van der Waals surface area contributed by atoms with Gasteiger partial charge in [0.15, 0.2) is 6.10 Å². The Kier molecular flexibility index (Phi) is 4.49. The standard InChI is InChI=1S/C21H18N4O3/c1-13-19(17-5-3-4-6-18(17)24-13)20(26)14(2)28-21(27)15-7-9-16(10-8-15)25-12-22-11-23-25/h3-12,14,24H,1-2H3/t14-/m1/s1. The second kappa shape index (κ2) is 7.11. The summed E-state index contributed by atoms with van der Waals surface area (Å²) in [6.07, 6.45) is 2.10. The first kappa shape index (κ1) is 17.7. The number of aromatic amines is 1. The average molecular weight is 374 g/mol. The van der Waals surface area contributed by atoms with E-state index in [1.807, 2.05) is 31.2 Å². The average Bonchev–Trinajstić information content (AvgIpc) is 3.34. The summed E-state index contributed by atoms with van der Waals surface area (Å²) in [5.74, 6) is -0.786. The number of carbonyl (C=O) groups excluding carboxylic acids is 2. The van der Waals surface area contributed by atoms with E-state index in [-0.39, 0.29) is 5.78 Å². The van der Waals surface area contributed by atoms with Crippen molar-refractivity contribution in [1.82, 2.24) is 19.7 Å². The van der Waals surface area contributed by atoms with Gasteiger partial charge in [-0.25, -0.2) is 14.5 Å². The second-order valence-electron chi connectivity index (χ2n) is 6.47. The molecule has 1 atom stereocenters. The first-order chi connectivity index (χ1) is 13.5. The fraction of sp³-hybridized carbons (Fsp3) is 0.143. The number of carbonyl (C=O) groups is 2. The van der Waals surface area contributed by atoms with Crippen LogP contribution < -0.4 is 0 Å². The first-order valence-electron chi connectivity index (χ1n) is 8.82. The van der Waals surface area contributed by atoms with Gasteiger partial charge in [0, 0.05) is 22.2 Å². The Morgan fingerprint density at radius 2 is 1.86 bits per heavy atom. The summed E-state index contributed by atoms with van der Waals surface area (Å²) in [6, 6.07) is 14.3. The Hall–Kier alpha value is -3.74. The third-order valence-corrected chi connectivity index (χ3v) is 4.58. The molecule has 1 N–H and O–H groups in total. The molecule has 0 saturated carbocycles. The summed E-state index contributed by atoms with van der Waals surface area (Å²) in [7, 11) is 0. The molecule has 0 radical (unpaired) electrons. The van der Waals surface area contributed by atoms with Gasteiger partial charge < -0.3 is 9.72 Å². The molecular weight excluding hydrogens is 356 g/mol. The fourth-order valence-corrected chi connectivity index (χ4v) is 3.17. The van der Waals surface area contributed by atoms with E-state index in [0.29, 0.717) is 11.1 Å². The normalized spacial score (nSPS) is 12.1. The molecule has 0 aliphatic rings. The van der Waals surface area contributed by atoms with E-state index in [2.05, 4.69) is 15.1 Å². The highest BCUT2D eigenvalue weighted by molar-refractivity contribution is 6.11. The van der Waals surface area contributed by atoms with Crippen molar-refractivity contribution in [3.05, 3.63) is 78.0 Å². The Balaban J connectivity index is 1.51. The first-order valence-corrected chi connectivity index (χ1v) is 8.82. The molecule has 0 bridgehead atoms. The SMILES string of the molecule is Cc1[nH]c2ccccc2c1C(=O)[C@@H](C)OC(=O)c1ccc(-n2cncn2)cc1. The Morgan fingerprint density at radius 3 is 2.57 bits per heavy atom. The van der Waals surface area contributed by atoms with Crippen LogP contribution in [0, 0.1) is 6.92 Å². The van der Waals surface area contributed by atoms with Crippen molar-refractivity contribution in [2.45, 2.75) is 20.0 Å². The van der Waals surface area contributed by atoms with Crippen LogP contribution >= 0.6 is 0 Å². The van der Waals surface area contributed by atoms with E-state index in [4.69, 9.17) is 4.74 Å². The van der Waals surface area contributed by atoms with Gasteiger partial charge >= 0.3 is 5.97 Å². The van der Waals surface area contributed by atoms with Crippen molar-refractivity contribution in [2.24, 2.45) is 0 Å².